The van der Waals surface area contributed by atoms with E-state index in [2.05, 4.69) is 67.7 Å². The first kappa shape index (κ1) is 22.2. The smallest absolute Gasteiger partial charge is 0.222 e. The fourth-order valence-corrected chi connectivity index (χ4v) is 2.88. The highest BCUT2D eigenvalue weighted by Crippen LogP contribution is 2.10. The van der Waals surface area contributed by atoms with Crippen molar-refractivity contribution in [2.75, 3.05) is 13.1 Å². The maximum atomic E-state index is 11.9. The molecule has 1 amide bonds. The molecule has 0 radical (unpaired) electrons. The SMILES string of the molecule is CC/C=C\C/C=C\CCC/C=C/C=C/C=C/CCCC(=O)N1CCCC1. The van der Waals surface area contributed by atoms with Crippen molar-refractivity contribution in [2.45, 2.75) is 71.1 Å². The molecule has 1 aliphatic heterocycles. The largest absolute Gasteiger partial charge is 0.343 e. The first-order valence-electron chi connectivity index (χ1n) is 10.4. The van der Waals surface area contributed by atoms with Gasteiger partial charge in [0.15, 0.2) is 0 Å². The Hall–Kier alpha value is -1.83. The van der Waals surface area contributed by atoms with Gasteiger partial charge in [0.05, 0.1) is 0 Å². The highest BCUT2D eigenvalue weighted by atomic mass is 16.2. The molecule has 2 heteroatoms. The van der Waals surface area contributed by atoms with Crippen LogP contribution in [0, 0.1) is 0 Å². The highest BCUT2D eigenvalue weighted by molar-refractivity contribution is 5.76. The van der Waals surface area contributed by atoms with Crippen LogP contribution in [-0.4, -0.2) is 23.9 Å². The molecule has 0 atom stereocenters. The van der Waals surface area contributed by atoms with Gasteiger partial charge in [0.25, 0.3) is 0 Å². The number of unbranched alkanes of at least 4 members (excludes halogenated alkanes) is 3. The van der Waals surface area contributed by atoms with Crippen molar-refractivity contribution in [3.05, 3.63) is 60.8 Å². The zero-order valence-electron chi connectivity index (χ0n) is 16.6. The van der Waals surface area contributed by atoms with Gasteiger partial charge in [0, 0.05) is 19.5 Å². The number of allylic oxidation sites excluding steroid dienone is 10. The Kier molecular flexibility index (Phi) is 14.2. The van der Waals surface area contributed by atoms with Gasteiger partial charge in [-0.15, -0.1) is 0 Å². The van der Waals surface area contributed by atoms with Gasteiger partial charge in [-0.25, -0.2) is 0 Å². The second kappa shape index (κ2) is 16.6. The number of carbonyl (C=O) groups is 1. The zero-order valence-corrected chi connectivity index (χ0v) is 16.6. The van der Waals surface area contributed by atoms with Crippen molar-refractivity contribution in [3.63, 3.8) is 0 Å². The molecule has 0 aliphatic carbocycles. The van der Waals surface area contributed by atoms with E-state index in [0.29, 0.717) is 12.3 Å². The van der Waals surface area contributed by atoms with Crippen LogP contribution in [0.15, 0.2) is 60.8 Å². The minimum absolute atomic E-state index is 0.335. The molecule has 0 saturated carbocycles. The molecule has 144 valence electrons. The Morgan fingerprint density at radius 1 is 0.769 bits per heavy atom. The van der Waals surface area contributed by atoms with Gasteiger partial charge in [-0.05, 0) is 57.8 Å². The number of carbonyl (C=O) groups excluding carboxylic acids is 1. The molecule has 0 aromatic carbocycles. The zero-order chi connectivity index (χ0) is 18.7. The fraction of sp³-hybridized carbons (Fsp3) is 0.542. The molecule has 0 bridgehead atoms. The molecule has 0 unspecified atom stereocenters. The van der Waals surface area contributed by atoms with Crippen LogP contribution in [0.4, 0.5) is 0 Å². The van der Waals surface area contributed by atoms with E-state index < -0.39 is 0 Å². The molecule has 1 aliphatic rings. The lowest BCUT2D eigenvalue weighted by Gasteiger charge is -2.14. The summed E-state index contributed by atoms with van der Waals surface area (Å²) in [5.74, 6) is 0.335. The van der Waals surface area contributed by atoms with Crippen molar-refractivity contribution in [1.29, 1.82) is 0 Å². The van der Waals surface area contributed by atoms with Crippen LogP contribution >= 0.6 is 0 Å². The monoisotopic (exact) mass is 355 g/mol. The quantitative estimate of drug-likeness (QED) is 0.209. The van der Waals surface area contributed by atoms with E-state index in [1.807, 2.05) is 4.90 Å². The lowest BCUT2D eigenvalue weighted by Crippen LogP contribution is -2.27. The molecule has 0 spiro atoms. The van der Waals surface area contributed by atoms with E-state index in [1.54, 1.807) is 0 Å². The maximum Gasteiger partial charge on any atom is 0.222 e. The second-order valence-electron chi connectivity index (χ2n) is 6.74. The van der Waals surface area contributed by atoms with Gasteiger partial charge >= 0.3 is 0 Å². The summed E-state index contributed by atoms with van der Waals surface area (Å²) < 4.78 is 0. The van der Waals surface area contributed by atoms with Crippen molar-refractivity contribution in [2.24, 2.45) is 0 Å². The number of amides is 1. The standard InChI is InChI=1S/C24H37NO/c1-2-3-4-5-6-7-8-9-10-11-12-13-14-15-16-17-18-21-24(26)25-22-19-20-23-25/h3-4,6-7,11-16H,2,5,8-10,17-23H2,1H3/b4-3-,7-6-,12-11+,14-13+,16-15+. The van der Waals surface area contributed by atoms with Crippen LogP contribution in [0.5, 0.6) is 0 Å². The lowest BCUT2D eigenvalue weighted by molar-refractivity contribution is -0.130. The molecular weight excluding hydrogens is 318 g/mol. The van der Waals surface area contributed by atoms with Gasteiger partial charge in [0.1, 0.15) is 0 Å². The van der Waals surface area contributed by atoms with Crippen LogP contribution in [0.3, 0.4) is 0 Å². The molecule has 1 fully saturated rings. The molecule has 1 rings (SSSR count). The first-order chi connectivity index (χ1) is 12.8. The van der Waals surface area contributed by atoms with Crippen LogP contribution in [0.25, 0.3) is 0 Å². The molecule has 0 aromatic rings. The van der Waals surface area contributed by atoms with Gasteiger partial charge in [-0.1, -0.05) is 67.7 Å². The van der Waals surface area contributed by atoms with Crippen molar-refractivity contribution in [1.82, 2.24) is 4.90 Å². The summed E-state index contributed by atoms with van der Waals surface area (Å²) in [4.78, 5) is 13.9. The molecule has 1 heterocycles. The van der Waals surface area contributed by atoms with Crippen molar-refractivity contribution < 1.29 is 4.79 Å². The Morgan fingerprint density at radius 3 is 2.08 bits per heavy atom. The Morgan fingerprint density at radius 2 is 1.38 bits per heavy atom. The third kappa shape index (κ3) is 12.5. The average molecular weight is 356 g/mol. The summed E-state index contributed by atoms with van der Waals surface area (Å²) in [6.45, 7) is 4.10. The number of likely N-dealkylation sites (tertiary alicyclic amines) is 1. The number of rotatable bonds is 13. The van der Waals surface area contributed by atoms with Crippen LogP contribution < -0.4 is 0 Å². The van der Waals surface area contributed by atoms with E-state index in [4.69, 9.17) is 0 Å². The summed E-state index contributed by atoms with van der Waals surface area (Å²) in [6, 6.07) is 0. The first-order valence-corrected chi connectivity index (χ1v) is 10.4. The van der Waals surface area contributed by atoms with E-state index in [-0.39, 0.29) is 0 Å². The Bertz CT molecular complexity index is 490. The maximum absolute atomic E-state index is 11.9. The minimum atomic E-state index is 0.335. The van der Waals surface area contributed by atoms with E-state index in [0.717, 1.165) is 51.6 Å². The van der Waals surface area contributed by atoms with Gasteiger partial charge < -0.3 is 4.90 Å². The molecular formula is C24H37NO. The number of nitrogens with zero attached hydrogens (tertiary/aromatic N) is 1. The minimum Gasteiger partial charge on any atom is -0.343 e. The Labute approximate surface area is 161 Å². The number of hydrogen-bond acceptors (Lipinski definition) is 1. The lowest BCUT2D eigenvalue weighted by atomic mass is 10.2. The predicted octanol–water partition coefficient (Wildman–Crippen LogP) is 6.53. The van der Waals surface area contributed by atoms with Crippen LogP contribution in [0.1, 0.15) is 71.1 Å². The summed E-state index contributed by atoms with van der Waals surface area (Å²) in [7, 11) is 0. The second-order valence-corrected chi connectivity index (χ2v) is 6.74. The summed E-state index contributed by atoms with van der Waals surface area (Å²) >= 11 is 0. The molecule has 0 N–H and O–H groups in total. The summed E-state index contributed by atoms with van der Waals surface area (Å²) in [6.07, 6.45) is 32.3. The van der Waals surface area contributed by atoms with E-state index >= 15 is 0 Å². The molecule has 2 nitrogen and oxygen atoms in total. The Balaban J connectivity index is 1.94. The average Bonchev–Trinajstić information content (AvgIpc) is 3.19. The summed E-state index contributed by atoms with van der Waals surface area (Å²) in [5.41, 5.74) is 0. The molecule has 26 heavy (non-hydrogen) atoms. The van der Waals surface area contributed by atoms with Crippen molar-refractivity contribution in [3.8, 4) is 0 Å². The third-order valence-electron chi connectivity index (χ3n) is 4.41. The normalized spacial score (nSPS) is 15.8. The summed E-state index contributed by atoms with van der Waals surface area (Å²) in [5, 5.41) is 0. The van der Waals surface area contributed by atoms with Crippen LogP contribution in [-0.2, 0) is 4.79 Å². The molecule has 0 aromatic heterocycles. The van der Waals surface area contributed by atoms with Gasteiger partial charge in [0.2, 0.25) is 5.91 Å². The number of hydrogen-bond donors (Lipinski definition) is 0. The van der Waals surface area contributed by atoms with Gasteiger partial charge in [-0.3, -0.25) is 4.79 Å². The van der Waals surface area contributed by atoms with Gasteiger partial charge in [-0.2, -0.15) is 0 Å². The van der Waals surface area contributed by atoms with E-state index in [9.17, 15) is 4.79 Å². The van der Waals surface area contributed by atoms with E-state index in [1.165, 1.54) is 19.3 Å². The third-order valence-corrected chi connectivity index (χ3v) is 4.41. The highest BCUT2D eigenvalue weighted by Gasteiger charge is 2.16. The fourth-order valence-electron chi connectivity index (χ4n) is 2.88. The topological polar surface area (TPSA) is 20.3 Å². The molecule has 1 saturated heterocycles. The van der Waals surface area contributed by atoms with Crippen LogP contribution in [0.2, 0.25) is 0 Å². The predicted molar refractivity (Wildman–Crippen MR) is 114 cm³/mol. The van der Waals surface area contributed by atoms with Crippen molar-refractivity contribution >= 4 is 5.91 Å².